The molecule has 1 N–H and O–H groups in total. The van der Waals surface area contributed by atoms with E-state index in [1.54, 1.807) is 12.1 Å². The van der Waals surface area contributed by atoms with Crippen LogP contribution in [-0.2, 0) is 6.67 Å². The summed E-state index contributed by atoms with van der Waals surface area (Å²) in [6, 6.07) is 7.32. The van der Waals surface area contributed by atoms with Gasteiger partial charge in [-0.05, 0) is 25.0 Å². The molecule has 19 heavy (non-hydrogen) atoms. The van der Waals surface area contributed by atoms with Crippen LogP contribution in [0.2, 0.25) is 0 Å². The summed E-state index contributed by atoms with van der Waals surface area (Å²) in [6.45, 7) is 1.39. The van der Waals surface area contributed by atoms with Crippen LogP contribution in [0.25, 0.3) is 10.9 Å². The number of hydrogen-bond donors (Lipinski definition) is 1. The first-order valence-electron chi connectivity index (χ1n) is 6.47. The van der Waals surface area contributed by atoms with Gasteiger partial charge in [0.05, 0.1) is 18.7 Å². The molecule has 0 bridgehead atoms. The minimum absolute atomic E-state index is 0.121. The van der Waals surface area contributed by atoms with Crippen LogP contribution in [0.3, 0.4) is 0 Å². The first kappa shape index (κ1) is 12.3. The molecule has 0 unspecified atom stereocenters. The summed E-state index contributed by atoms with van der Waals surface area (Å²) in [4.78, 5) is 14.4. The minimum Gasteiger partial charge on any atom is -0.395 e. The number of aliphatic hydroxyl groups is 1. The lowest BCUT2D eigenvalue weighted by atomic mass is 10.2. The van der Waals surface area contributed by atoms with E-state index in [-0.39, 0.29) is 18.2 Å². The molecule has 1 aliphatic heterocycles. The third-order valence-corrected chi connectivity index (χ3v) is 3.65. The molecule has 0 radical (unpaired) electrons. The van der Waals surface area contributed by atoms with Crippen molar-refractivity contribution in [1.82, 2.24) is 19.9 Å². The predicted molar refractivity (Wildman–Crippen MR) is 70.6 cm³/mol. The van der Waals surface area contributed by atoms with Crippen molar-refractivity contribution >= 4 is 10.9 Å². The van der Waals surface area contributed by atoms with E-state index in [9.17, 15) is 9.90 Å². The molecule has 1 aromatic carbocycles. The van der Waals surface area contributed by atoms with Crippen molar-refractivity contribution in [2.24, 2.45) is 0 Å². The lowest BCUT2D eigenvalue weighted by Crippen LogP contribution is -2.38. The fourth-order valence-electron chi connectivity index (χ4n) is 2.58. The summed E-state index contributed by atoms with van der Waals surface area (Å²) in [5, 5.41) is 17.9. The van der Waals surface area contributed by atoms with Gasteiger partial charge in [-0.2, -0.15) is 4.68 Å². The van der Waals surface area contributed by atoms with Crippen LogP contribution in [0.5, 0.6) is 0 Å². The smallest absolute Gasteiger partial charge is 0.278 e. The molecule has 2 heterocycles. The average molecular weight is 260 g/mol. The number of fused-ring (bicyclic) bond motifs is 1. The standard InChI is InChI=1S/C13H16N4O2/c18-8-10-4-3-7-16(10)9-17-13(19)11-5-1-2-6-12(11)14-15-17/h1-2,5-6,10,18H,3-4,7-9H2/t10-/m1/s1. The molecule has 3 rings (SSSR count). The Balaban J connectivity index is 1.93. The number of aromatic nitrogens is 3. The first-order chi connectivity index (χ1) is 9.29. The van der Waals surface area contributed by atoms with Crippen LogP contribution < -0.4 is 5.56 Å². The Labute approximate surface area is 110 Å². The van der Waals surface area contributed by atoms with Crippen LogP contribution >= 0.6 is 0 Å². The molecule has 100 valence electrons. The van der Waals surface area contributed by atoms with Crippen molar-refractivity contribution in [2.75, 3.05) is 13.2 Å². The monoisotopic (exact) mass is 260 g/mol. The van der Waals surface area contributed by atoms with Gasteiger partial charge in [-0.25, -0.2) is 0 Å². The normalized spacial score (nSPS) is 20.2. The molecule has 1 aromatic heterocycles. The molecular formula is C13H16N4O2. The van der Waals surface area contributed by atoms with Crippen LogP contribution in [0, 0.1) is 0 Å². The van der Waals surface area contributed by atoms with Crippen molar-refractivity contribution in [2.45, 2.75) is 25.6 Å². The molecule has 2 aromatic rings. The molecule has 6 nitrogen and oxygen atoms in total. The highest BCUT2D eigenvalue weighted by atomic mass is 16.3. The fraction of sp³-hybridized carbons (Fsp3) is 0.462. The molecular weight excluding hydrogens is 244 g/mol. The second-order valence-electron chi connectivity index (χ2n) is 4.84. The van der Waals surface area contributed by atoms with E-state index in [2.05, 4.69) is 15.2 Å². The molecule has 0 aliphatic carbocycles. The Morgan fingerprint density at radius 3 is 3.05 bits per heavy atom. The Morgan fingerprint density at radius 2 is 2.21 bits per heavy atom. The van der Waals surface area contributed by atoms with Crippen molar-refractivity contribution in [3.8, 4) is 0 Å². The quantitative estimate of drug-likeness (QED) is 0.854. The Kier molecular flexibility index (Phi) is 3.27. The molecule has 1 aliphatic rings. The highest BCUT2D eigenvalue weighted by Gasteiger charge is 2.24. The van der Waals surface area contributed by atoms with Crippen molar-refractivity contribution < 1.29 is 5.11 Å². The second kappa shape index (κ2) is 5.07. The highest BCUT2D eigenvalue weighted by molar-refractivity contribution is 5.76. The molecule has 0 spiro atoms. The first-order valence-corrected chi connectivity index (χ1v) is 6.47. The maximum atomic E-state index is 12.3. The van der Waals surface area contributed by atoms with Gasteiger partial charge in [0, 0.05) is 12.6 Å². The van der Waals surface area contributed by atoms with E-state index >= 15 is 0 Å². The molecule has 1 atom stereocenters. The van der Waals surface area contributed by atoms with Crippen molar-refractivity contribution in [3.05, 3.63) is 34.6 Å². The number of rotatable bonds is 3. The molecule has 0 amide bonds. The lowest BCUT2D eigenvalue weighted by Gasteiger charge is -2.22. The number of nitrogens with zero attached hydrogens (tertiary/aromatic N) is 4. The minimum atomic E-state index is -0.130. The maximum Gasteiger partial charge on any atom is 0.278 e. The van der Waals surface area contributed by atoms with Crippen molar-refractivity contribution in [1.29, 1.82) is 0 Å². The maximum absolute atomic E-state index is 12.3. The SMILES string of the molecule is O=c1c2ccccc2nnn1CN1CCC[C@@H]1CO. The summed E-state index contributed by atoms with van der Waals surface area (Å²) < 4.78 is 1.37. The Morgan fingerprint density at radius 1 is 1.37 bits per heavy atom. The number of hydrogen-bond acceptors (Lipinski definition) is 5. The summed E-state index contributed by atoms with van der Waals surface area (Å²) in [5.74, 6) is 0. The van der Waals surface area contributed by atoms with Gasteiger partial charge in [-0.3, -0.25) is 9.69 Å². The largest absolute Gasteiger partial charge is 0.395 e. The average Bonchev–Trinajstić information content (AvgIpc) is 2.89. The van der Waals surface area contributed by atoms with Crippen molar-refractivity contribution in [3.63, 3.8) is 0 Å². The van der Waals surface area contributed by atoms with Gasteiger partial charge >= 0.3 is 0 Å². The van der Waals surface area contributed by atoms with Crippen LogP contribution in [0.1, 0.15) is 12.8 Å². The van der Waals surface area contributed by atoms with E-state index in [1.807, 2.05) is 12.1 Å². The zero-order valence-corrected chi connectivity index (χ0v) is 10.6. The third kappa shape index (κ3) is 2.24. The van der Waals surface area contributed by atoms with Gasteiger partial charge in [-0.15, -0.1) is 5.10 Å². The van der Waals surface area contributed by atoms with E-state index < -0.39 is 0 Å². The van der Waals surface area contributed by atoms with E-state index in [1.165, 1.54) is 4.68 Å². The van der Waals surface area contributed by atoms with Gasteiger partial charge in [-0.1, -0.05) is 17.3 Å². The summed E-state index contributed by atoms with van der Waals surface area (Å²) >= 11 is 0. The topological polar surface area (TPSA) is 71.2 Å². The van der Waals surface area contributed by atoms with Gasteiger partial charge in [0.15, 0.2) is 0 Å². The van der Waals surface area contributed by atoms with Gasteiger partial charge in [0.2, 0.25) is 0 Å². The highest BCUT2D eigenvalue weighted by Crippen LogP contribution is 2.16. The number of benzene rings is 1. The summed E-state index contributed by atoms with van der Waals surface area (Å²) in [7, 11) is 0. The molecule has 1 saturated heterocycles. The number of likely N-dealkylation sites (tertiary alicyclic amines) is 1. The Bertz CT molecular complexity index is 640. The Hall–Kier alpha value is -1.79. The predicted octanol–water partition coefficient (Wildman–Crippen LogP) is 0.206. The second-order valence-corrected chi connectivity index (χ2v) is 4.84. The van der Waals surface area contributed by atoms with Crippen LogP contribution in [-0.4, -0.2) is 44.2 Å². The molecule has 0 saturated carbocycles. The number of aliphatic hydroxyl groups excluding tert-OH is 1. The molecule has 1 fully saturated rings. The molecule has 6 heteroatoms. The fourth-order valence-corrected chi connectivity index (χ4v) is 2.58. The third-order valence-electron chi connectivity index (χ3n) is 3.65. The lowest BCUT2D eigenvalue weighted by molar-refractivity contribution is 0.123. The zero-order chi connectivity index (χ0) is 13.2. The van der Waals surface area contributed by atoms with E-state index in [0.29, 0.717) is 17.6 Å². The van der Waals surface area contributed by atoms with Gasteiger partial charge < -0.3 is 5.11 Å². The summed E-state index contributed by atoms with van der Waals surface area (Å²) in [5.41, 5.74) is 0.484. The van der Waals surface area contributed by atoms with Crippen LogP contribution in [0.4, 0.5) is 0 Å². The van der Waals surface area contributed by atoms with Gasteiger partial charge in [0.25, 0.3) is 5.56 Å². The summed E-state index contributed by atoms with van der Waals surface area (Å²) in [6.07, 6.45) is 2.01. The van der Waals surface area contributed by atoms with E-state index in [4.69, 9.17) is 0 Å². The zero-order valence-electron chi connectivity index (χ0n) is 10.6. The van der Waals surface area contributed by atoms with Crippen LogP contribution in [0.15, 0.2) is 29.1 Å². The van der Waals surface area contributed by atoms with Gasteiger partial charge in [0.1, 0.15) is 5.52 Å². The van der Waals surface area contributed by atoms with E-state index in [0.717, 1.165) is 19.4 Å².